The summed E-state index contributed by atoms with van der Waals surface area (Å²) in [6.07, 6.45) is 1.75. The number of halogens is 1. The summed E-state index contributed by atoms with van der Waals surface area (Å²) in [4.78, 5) is 9.58. The molecule has 0 saturated carbocycles. The van der Waals surface area contributed by atoms with Crippen LogP contribution in [0.3, 0.4) is 0 Å². The maximum atomic E-state index is 6.46. The average molecular weight is 447 g/mol. The van der Waals surface area contributed by atoms with E-state index in [2.05, 4.69) is 0 Å². The molecule has 2 aromatic heterocycles. The second kappa shape index (κ2) is 8.17. The molecule has 0 amide bonds. The summed E-state index contributed by atoms with van der Waals surface area (Å²) < 4.78 is 12.4. The molecule has 0 aliphatic carbocycles. The Bertz CT molecular complexity index is 1400. The number of aryl methyl sites for hydroxylation is 1. The van der Waals surface area contributed by atoms with Gasteiger partial charge < -0.3 is 9.47 Å². The molecule has 3 aromatic carbocycles. The fraction of sp³-hybridized carbons (Fsp3) is 0.120. The molecule has 5 aromatic rings. The van der Waals surface area contributed by atoms with Gasteiger partial charge in [0.15, 0.2) is 0 Å². The van der Waals surface area contributed by atoms with E-state index in [9.17, 15) is 0 Å². The molecule has 0 aliphatic heterocycles. The van der Waals surface area contributed by atoms with Crippen molar-refractivity contribution in [3.8, 4) is 22.1 Å². The van der Waals surface area contributed by atoms with Gasteiger partial charge in [0, 0.05) is 16.0 Å². The summed E-state index contributed by atoms with van der Waals surface area (Å²) >= 11 is 8.07. The van der Waals surface area contributed by atoms with Crippen molar-refractivity contribution in [2.45, 2.75) is 13.5 Å². The molecule has 6 heteroatoms. The number of rotatable bonds is 5. The standard InChI is InChI=1S/C25H19ClN2O2S/c1-15-8-19(29-2)12-22-23(15)28-25(31-22)21-11-18(26)9-17-10-20(13-27-24(17)21)30-14-16-6-4-3-5-7-16/h3-13H,14H2,1-2H3. The Morgan fingerprint density at radius 3 is 2.61 bits per heavy atom. The summed E-state index contributed by atoms with van der Waals surface area (Å²) in [6, 6.07) is 19.9. The summed E-state index contributed by atoms with van der Waals surface area (Å²) in [5.41, 5.74) is 4.91. The molecule has 2 heterocycles. The van der Waals surface area contributed by atoms with Crippen LogP contribution >= 0.6 is 22.9 Å². The highest BCUT2D eigenvalue weighted by atomic mass is 35.5. The van der Waals surface area contributed by atoms with Crippen molar-refractivity contribution in [2.75, 3.05) is 7.11 Å². The molecule has 0 aliphatic rings. The van der Waals surface area contributed by atoms with Crippen LogP contribution in [0.2, 0.25) is 5.02 Å². The lowest BCUT2D eigenvalue weighted by Crippen LogP contribution is -1.96. The molecule has 0 saturated heterocycles. The third-order valence-corrected chi connectivity index (χ3v) is 6.35. The number of benzene rings is 3. The Hall–Kier alpha value is -3.15. The van der Waals surface area contributed by atoms with Gasteiger partial charge in [0.25, 0.3) is 0 Å². The van der Waals surface area contributed by atoms with Gasteiger partial charge in [-0.2, -0.15) is 0 Å². The van der Waals surface area contributed by atoms with E-state index < -0.39 is 0 Å². The van der Waals surface area contributed by atoms with Gasteiger partial charge in [-0.25, -0.2) is 4.98 Å². The topological polar surface area (TPSA) is 44.2 Å². The molecule has 0 N–H and O–H groups in total. The van der Waals surface area contributed by atoms with Gasteiger partial charge in [-0.3, -0.25) is 4.98 Å². The Morgan fingerprint density at radius 2 is 1.81 bits per heavy atom. The summed E-state index contributed by atoms with van der Waals surface area (Å²) in [5, 5.41) is 2.43. The first-order chi connectivity index (χ1) is 15.1. The van der Waals surface area contributed by atoms with Gasteiger partial charge in [0.2, 0.25) is 0 Å². The van der Waals surface area contributed by atoms with Crippen molar-refractivity contribution in [2.24, 2.45) is 0 Å². The van der Waals surface area contributed by atoms with E-state index in [-0.39, 0.29) is 0 Å². The smallest absolute Gasteiger partial charge is 0.138 e. The number of nitrogens with zero attached hydrogens (tertiary/aromatic N) is 2. The molecular formula is C25H19ClN2O2S. The van der Waals surface area contributed by atoms with Crippen molar-refractivity contribution in [3.63, 3.8) is 0 Å². The Labute approximate surface area is 189 Å². The number of thiazole rings is 1. The molecule has 154 valence electrons. The zero-order valence-corrected chi connectivity index (χ0v) is 18.6. The van der Waals surface area contributed by atoms with Gasteiger partial charge in [-0.1, -0.05) is 41.9 Å². The van der Waals surface area contributed by atoms with Crippen LogP contribution in [0.1, 0.15) is 11.1 Å². The van der Waals surface area contributed by atoms with Crippen LogP contribution in [-0.4, -0.2) is 17.1 Å². The molecule has 5 rings (SSSR count). The fourth-order valence-corrected chi connectivity index (χ4v) is 4.89. The minimum absolute atomic E-state index is 0.487. The Morgan fingerprint density at radius 1 is 0.968 bits per heavy atom. The minimum Gasteiger partial charge on any atom is -0.497 e. The van der Waals surface area contributed by atoms with Crippen molar-refractivity contribution < 1.29 is 9.47 Å². The van der Waals surface area contributed by atoms with E-state index in [1.807, 2.05) is 67.6 Å². The van der Waals surface area contributed by atoms with Crippen LogP contribution in [0.5, 0.6) is 11.5 Å². The number of hydrogen-bond donors (Lipinski definition) is 0. The van der Waals surface area contributed by atoms with Crippen LogP contribution in [0.25, 0.3) is 31.7 Å². The molecule has 0 radical (unpaired) electrons. The third kappa shape index (κ3) is 3.94. The monoisotopic (exact) mass is 446 g/mol. The third-order valence-electron chi connectivity index (χ3n) is 5.10. The zero-order valence-electron chi connectivity index (χ0n) is 17.1. The van der Waals surface area contributed by atoms with Crippen LogP contribution < -0.4 is 9.47 Å². The van der Waals surface area contributed by atoms with E-state index in [1.165, 1.54) is 0 Å². The predicted molar refractivity (Wildman–Crippen MR) is 127 cm³/mol. The van der Waals surface area contributed by atoms with Gasteiger partial charge in [-0.15, -0.1) is 11.3 Å². The molecule has 0 unspecified atom stereocenters. The molecular weight excluding hydrogens is 428 g/mol. The lowest BCUT2D eigenvalue weighted by Gasteiger charge is -2.09. The van der Waals surface area contributed by atoms with Crippen LogP contribution in [0.15, 0.2) is 66.9 Å². The Balaban J connectivity index is 1.55. The maximum absolute atomic E-state index is 6.46. The fourth-order valence-electron chi connectivity index (χ4n) is 3.57. The Kier molecular flexibility index (Phi) is 5.22. The van der Waals surface area contributed by atoms with Crippen molar-refractivity contribution in [1.29, 1.82) is 0 Å². The van der Waals surface area contributed by atoms with Crippen LogP contribution in [0, 0.1) is 6.92 Å². The number of ether oxygens (including phenoxy) is 2. The van der Waals surface area contributed by atoms with Gasteiger partial charge in [0.05, 0.1) is 29.0 Å². The minimum atomic E-state index is 0.487. The average Bonchev–Trinajstić information content (AvgIpc) is 3.22. The molecule has 0 bridgehead atoms. The second-order valence-electron chi connectivity index (χ2n) is 7.28. The van der Waals surface area contributed by atoms with E-state index >= 15 is 0 Å². The first kappa shape index (κ1) is 19.8. The molecule has 31 heavy (non-hydrogen) atoms. The van der Waals surface area contributed by atoms with Gasteiger partial charge in [-0.05, 0) is 48.4 Å². The number of aromatic nitrogens is 2. The maximum Gasteiger partial charge on any atom is 0.138 e. The molecule has 0 spiro atoms. The van der Waals surface area contributed by atoms with E-state index in [0.717, 1.165) is 48.6 Å². The highest BCUT2D eigenvalue weighted by molar-refractivity contribution is 7.21. The van der Waals surface area contributed by atoms with Gasteiger partial charge >= 0.3 is 0 Å². The van der Waals surface area contributed by atoms with Crippen molar-refractivity contribution in [3.05, 3.63) is 83.0 Å². The SMILES string of the molecule is COc1cc(C)c2nc(-c3cc(Cl)cc4cc(OCc5ccccc5)cnc34)sc2c1. The number of hydrogen-bond acceptors (Lipinski definition) is 5. The van der Waals surface area contributed by atoms with Crippen LogP contribution in [0.4, 0.5) is 0 Å². The first-order valence-corrected chi connectivity index (χ1v) is 11.0. The van der Waals surface area contributed by atoms with E-state index in [0.29, 0.717) is 17.4 Å². The zero-order chi connectivity index (χ0) is 21.4. The number of pyridine rings is 1. The van der Waals surface area contributed by atoms with E-state index in [1.54, 1.807) is 24.6 Å². The summed E-state index contributed by atoms with van der Waals surface area (Å²) in [5.74, 6) is 1.53. The lowest BCUT2D eigenvalue weighted by atomic mass is 10.1. The van der Waals surface area contributed by atoms with Gasteiger partial charge in [0.1, 0.15) is 23.1 Å². The lowest BCUT2D eigenvalue weighted by molar-refractivity contribution is 0.305. The normalized spacial score (nSPS) is 11.2. The van der Waals surface area contributed by atoms with E-state index in [4.69, 9.17) is 31.0 Å². The van der Waals surface area contributed by atoms with Crippen LogP contribution in [-0.2, 0) is 6.61 Å². The highest BCUT2D eigenvalue weighted by Gasteiger charge is 2.15. The predicted octanol–water partition coefficient (Wildman–Crippen LogP) is 7.06. The molecule has 0 fully saturated rings. The quantitative estimate of drug-likeness (QED) is 0.290. The highest BCUT2D eigenvalue weighted by Crippen LogP contribution is 2.38. The first-order valence-electron chi connectivity index (χ1n) is 9.82. The molecule has 4 nitrogen and oxygen atoms in total. The number of fused-ring (bicyclic) bond motifs is 2. The summed E-state index contributed by atoms with van der Waals surface area (Å²) in [7, 11) is 1.68. The van der Waals surface area contributed by atoms with Crippen molar-refractivity contribution in [1.82, 2.24) is 9.97 Å². The number of methoxy groups -OCH3 is 1. The summed E-state index contributed by atoms with van der Waals surface area (Å²) in [6.45, 7) is 2.53. The molecule has 0 atom stereocenters. The van der Waals surface area contributed by atoms with Crippen molar-refractivity contribution >= 4 is 44.1 Å². The second-order valence-corrected chi connectivity index (χ2v) is 8.75. The largest absolute Gasteiger partial charge is 0.497 e.